The summed E-state index contributed by atoms with van der Waals surface area (Å²) in [5.74, 6) is 0.0386. The summed E-state index contributed by atoms with van der Waals surface area (Å²) in [5, 5.41) is 4.09. The maximum absolute atomic E-state index is 11.0. The van der Waals surface area contributed by atoms with Gasteiger partial charge in [0.15, 0.2) is 0 Å². The largest absolute Gasteiger partial charge is 0.492 e. The van der Waals surface area contributed by atoms with Gasteiger partial charge >= 0.3 is 0 Å². The van der Waals surface area contributed by atoms with Crippen LogP contribution in [0.1, 0.15) is 25.3 Å². The summed E-state index contributed by atoms with van der Waals surface area (Å²) >= 11 is 6.20. The van der Waals surface area contributed by atoms with Gasteiger partial charge in [0, 0.05) is 23.2 Å². The van der Waals surface area contributed by atoms with Crippen LogP contribution >= 0.6 is 11.6 Å². The molecular formula is C14H19ClN2O2. The molecule has 1 aromatic carbocycles. The van der Waals surface area contributed by atoms with Gasteiger partial charge in [-0.15, -0.1) is 0 Å². The van der Waals surface area contributed by atoms with Crippen LogP contribution in [0.25, 0.3) is 0 Å². The number of hydrogen-bond donors (Lipinski definition) is 2. The topological polar surface area (TPSA) is 64.3 Å². The summed E-state index contributed by atoms with van der Waals surface area (Å²) in [6, 6.07) is 6.15. The van der Waals surface area contributed by atoms with Crippen LogP contribution in [-0.2, 0) is 11.3 Å². The SMILES string of the molecule is CC(COc1cccc(Cl)c1CNC1CC1)C(N)=O. The lowest BCUT2D eigenvalue weighted by Crippen LogP contribution is -2.26. The molecule has 0 spiro atoms. The molecule has 104 valence electrons. The highest BCUT2D eigenvalue weighted by molar-refractivity contribution is 6.31. The van der Waals surface area contributed by atoms with E-state index in [0.29, 0.717) is 23.4 Å². The van der Waals surface area contributed by atoms with Crippen molar-refractivity contribution in [2.45, 2.75) is 32.4 Å². The zero-order chi connectivity index (χ0) is 13.8. The molecule has 0 aliphatic heterocycles. The quantitative estimate of drug-likeness (QED) is 0.805. The first kappa shape index (κ1) is 14.2. The van der Waals surface area contributed by atoms with E-state index >= 15 is 0 Å². The Kier molecular flexibility index (Phi) is 4.66. The van der Waals surface area contributed by atoms with Crippen LogP contribution in [0.2, 0.25) is 5.02 Å². The highest BCUT2D eigenvalue weighted by atomic mass is 35.5. The fourth-order valence-corrected chi connectivity index (χ4v) is 1.91. The second-order valence-electron chi connectivity index (χ2n) is 4.99. The Hall–Kier alpha value is -1.26. The number of nitrogens with two attached hydrogens (primary N) is 1. The van der Waals surface area contributed by atoms with E-state index in [1.54, 1.807) is 6.92 Å². The van der Waals surface area contributed by atoms with Crippen molar-refractivity contribution in [2.75, 3.05) is 6.61 Å². The van der Waals surface area contributed by atoms with Gasteiger partial charge < -0.3 is 15.8 Å². The summed E-state index contributed by atoms with van der Waals surface area (Å²) in [6.07, 6.45) is 2.44. The Morgan fingerprint density at radius 3 is 2.95 bits per heavy atom. The van der Waals surface area contributed by atoms with Crippen molar-refractivity contribution in [3.63, 3.8) is 0 Å². The predicted molar refractivity (Wildman–Crippen MR) is 75.2 cm³/mol. The van der Waals surface area contributed by atoms with Crippen molar-refractivity contribution in [3.8, 4) is 5.75 Å². The molecule has 1 aliphatic carbocycles. The molecule has 5 heteroatoms. The van der Waals surface area contributed by atoms with E-state index < -0.39 is 0 Å². The summed E-state index contributed by atoms with van der Waals surface area (Å²) < 4.78 is 5.67. The molecular weight excluding hydrogens is 264 g/mol. The number of benzene rings is 1. The monoisotopic (exact) mass is 282 g/mol. The van der Waals surface area contributed by atoms with Gasteiger partial charge in [-0.2, -0.15) is 0 Å². The normalized spacial score (nSPS) is 16.1. The van der Waals surface area contributed by atoms with Gasteiger partial charge in [-0.05, 0) is 25.0 Å². The van der Waals surface area contributed by atoms with Crippen molar-refractivity contribution in [1.29, 1.82) is 0 Å². The van der Waals surface area contributed by atoms with Crippen molar-refractivity contribution < 1.29 is 9.53 Å². The molecule has 0 saturated heterocycles. The summed E-state index contributed by atoms with van der Waals surface area (Å²) in [4.78, 5) is 11.0. The summed E-state index contributed by atoms with van der Waals surface area (Å²) in [5.41, 5.74) is 6.16. The van der Waals surface area contributed by atoms with Crippen LogP contribution in [0.4, 0.5) is 0 Å². The molecule has 3 N–H and O–H groups in total. The lowest BCUT2D eigenvalue weighted by Gasteiger charge is -2.15. The molecule has 1 unspecified atom stereocenters. The molecule has 0 heterocycles. The lowest BCUT2D eigenvalue weighted by atomic mass is 10.1. The molecule has 1 amide bonds. The highest BCUT2D eigenvalue weighted by Crippen LogP contribution is 2.28. The minimum atomic E-state index is -0.361. The first-order valence-corrected chi connectivity index (χ1v) is 6.88. The highest BCUT2D eigenvalue weighted by Gasteiger charge is 2.21. The molecule has 1 atom stereocenters. The molecule has 0 radical (unpaired) electrons. The van der Waals surface area contributed by atoms with Gasteiger partial charge in [0.2, 0.25) is 5.91 Å². The van der Waals surface area contributed by atoms with Gasteiger partial charge in [0.1, 0.15) is 5.75 Å². The first-order chi connectivity index (χ1) is 9.08. The van der Waals surface area contributed by atoms with E-state index in [2.05, 4.69) is 5.32 Å². The second kappa shape index (κ2) is 6.26. The minimum Gasteiger partial charge on any atom is -0.492 e. The first-order valence-electron chi connectivity index (χ1n) is 6.51. The van der Waals surface area contributed by atoms with Gasteiger partial charge in [-0.25, -0.2) is 0 Å². The molecule has 0 bridgehead atoms. The Morgan fingerprint density at radius 1 is 1.58 bits per heavy atom. The van der Waals surface area contributed by atoms with Crippen LogP contribution < -0.4 is 15.8 Å². The van der Waals surface area contributed by atoms with Gasteiger partial charge in [-0.3, -0.25) is 4.79 Å². The van der Waals surface area contributed by atoms with E-state index in [-0.39, 0.29) is 18.4 Å². The number of primary amides is 1. The molecule has 4 nitrogen and oxygen atoms in total. The van der Waals surface area contributed by atoms with Crippen LogP contribution in [0.3, 0.4) is 0 Å². The molecule has 19 heavy (non-hydrogen) atoms. The number of carbonyl (C=O) groups excluding carboxylic acids is 1. The maximum Gasteiger partial charge on any atom is 0.223 e. The Morgan fingerprint density at radius 2 is 2.32 bits per heavy atom. The number of ether oxygens (including phenoxy) is 1. The van der Waals surface area contributed by atoms with Gasteiger partial charge in [0.25, 0.3) is 0 Å². The third-order valence-electron chi connectivity index (χ3n) is 3.20. The fraction of sp³-hybridized carbons (Fsp3) is 0.500. The van der Waals surface area contributed by atoms with Crippen LogP contribution in [0, 0.1) is 5.92 Å². The van der Waals surface area contributed by atoms with Gasteiger partial charge in [-0.1, -0.05) is 24.6 Å². The number of hydrogen-bond acceptors (Lipinski definition) is 3. The van der Waals surface area contributed by atoms with Crippen LogP contribution in [0.5, 0.6) is 5.75 Å². The van der Waals surface area contributed by atoms with E-state index in [9.17, 15) is 4.79 Å². The van der Waals surface area contributed by atoms with E-state index in [0.717, 1.165) is 5.56 Å². The van der Waals surface area contributed by atoms with E-state index in [1.807, 2.05) is 18.2 Å². The molecule has 1 aliphatic rings. The zero-order valence-electron chi connectivity index (χ0n) is 11.0. The smallest absolute Gasteiger partial charge is 0.223 e. The number of rotatable bonds is 7. The zero-order valence-corrected chi connectivity index (χ0v) is 11.7. The lowest BCUT2D eigenvalue weighted by molar-refractivity contribution is -0.122. The number of nitrogens with one attached hydrogen (secondary N) is 1. The summed E-state index contributed by atoms with van der Waals surface area (Å²) in [6.45, 7) is 2.70. The fourth-order valence-electron chi connectivity index (χ4n) is 1.68. The van der Waals surface area contributed by atoms with Crippen LogP contribution in [-0.4, -0.2) is 18.6 Å². The molecule has 0 aromatic heterocycles. The Balaban J connectivity index is 2.00. The minimum absolute atomic E-state index is 0.270. The van der Waals surface area contributed by atoms with Crippen molar-refractivity contribution in [1.82, 2.24) is 5.32 Å². The number of halogens is 1. The second-order valence-corrected chi connectivity index (χ2v) is 5.39. The maximum atomic E-state index is 11.0. The third kappa shape index (κ3) is 4.11. The van der Waals surface area contributed by atoms with E-state index in [4.69, 9.17) is 22.1 Å². The number of amides is 1. The Bertz CT molecular complexity index is 461. The Labute approximate surface area is 118 Å². The standard InChI is InChI=1S/C14H19ClN2O2/c1-9(14(16)18)8-19-13-4-2-3-12(15)11(13)7-17-10-5-6-10/h2-4,9-10,17H,5-8H2,1H3,(H2,16,18). The predicted octanol–water partition coefficient (Wildman–Crippen LogP) is 2.09. The van der Waals surface area contributed by atoms with Crippen molar-refractivity contribution in [2.24, 2.45) is 11.7 Å². The third-order valence-corrected chi connectivity index (χ3v) is 3.55. The average Bonchev–Trinajstić information content (AvgIpc) is 3.18. The van der Waals surface area contributed by atoms with Crippen molar-refractivity contribution >= 4 is 17.5 Å². The summed E-state index contributed by atoms with van der Waals surface area (Å²) in [7, 11) is 0. The molecule has 2 rings (SSSR count). The number of carbonyl (C=O) groups is 1. The molecule has 1 aromatic rings. The van der Waals surface area contributed by atoms with Crippen LogP contribution in [0.15, 0.2) is 18.2 Å². The van der Waals surface area contributed by atoms with Gasteiger partial charge in [0.05, 0.1) is 12.5 Å². The average molecular weight is 283 g/mol. The van der Waals surface area contributed by atoms with E-state index in [1.165, 1.54) is 12.8 Å². The van der Waals surface area contributed by atoms with Crippen molar-refractivity contribution in [3.05, 3.63) is 28.8 Å². The molecule has 1 fully saturated rings. The molecule has 1 saturated carbocycles.